The molecule has 4 nitrogen and oxygen atoms in total. The highest BCUT2D eigenvalue weighted by Crippen LogP contribution is 2.50. The van der Waals surface area contributed by atoms with Gasteiger partial charge in [-0.2, -0.15) is 0 Å². The van der Waals surface area contributed by atoms with E-state index in [1.807, 2.05) is 34.1 Å². The average molecular weight is 1390 g/mol. The van der Waals surface area contributed by atoms with Crippen molar-refractivity contribution in [2.45, 2.75) is 387 Å². The molecule has 2 aliphatic heterocycles. The van der Waals surface area contributed by atoms with E-state index in [-0.39, 0.29) is 11.8 Å². The molecule has 0 aromatic heterocycles. The molecule has 8 heteroatoms. The van der Waals surface area contributed by atoms with Gasteiger partial charge in [0.15, 0.2) is 0 Å². The molecule has 0 saturated heterocycles. The Labute approximate surface area is 571 Å². The van der Waals surface area contributed by atoms with Crippen LogP contribution < -0.4 is 9.80 Å². The standard InChI is InChI=1S/C80H134Br2Cl2N2O2/c1-5-9-13-17-21-25-29-33-37-41-45-49-55-67(56-50-46-42-38-34-30-26-22-18-14-10-6-2)59-53-61-85-75-65-71(81)73(83)63-69(75)77(79(85)87)78-70-64-74(84)72(82)66-76(70)86(80(78)88)62-54-60-68(57-51-47-43-39-35-31-27-23-19-15-11-7-3)58-52-48-44-40-36-32-28-24-20-16-12-8-4/h63-68H,5-62H2,1-4H3. The fourth-order valence-electron chi connectivity index (χ4n) is 14.6. The van der Waals surface area contributed by atoms with Gasteiger partial charge in [0.05, 0.1) is 32.6 Å². The summed E-state index contributed by atoms with van der Waals surface area (Å²) in [6, 6.07) is 7.85. The van der Waals surface area contributed by atoms with Crippen LogP contribution in [0.15, 0.2) is 33.2 Å². The number of anilines is 2. The summed E-state index contributed by atoms with van der Waals surface area (Å²) < 4.78 is 1.53. The molecule has 0 saturated carbocycles. The molecule has 2 heterocycles. The van der Waals surface area contributed by atoms with Crippen LogP contribution in [0.4, 0.5) is 11.4 Å². The number of unbranched alkanes of at least 4 members (excludes halogenated alkanes) is 44. The maximum Gasteiger partial charge on any atom is 0.259 e. The normalized spacial score (nSPS) is 14.1. The van der Waals surface area contributed by atoms with Gasteiger partial charge < -0.3 is 9.80 Å². The van der Waals surface area contributed by atoms with Crippen LogP contribution >= 0.6 is 55.1 Å². The van der Waals surface area contributed by atoms with E-state index in [1.165, 1.54) is 334 Å². The molecule has 2 aromatic carbocycles. The molecule has 0 radical (unpaired) electrons. The smallest absolute Gasteiger partial charge is 0.259 e. The van der Waals surface area contributed by atoms with Gasteiger partial charge in [0, 0.05) is 33.2 Å². The predicted molar refractivity (Wildman–Crippen MR) is 398 cm³/mol. The van der Waals surface area contributed by atoms with Crippen molar-refractivity contribution < 1.29 is 9.59 Å². The molecule has 0 N–H and O–H groups in total. The molecule has 2 aliphatic rings. The molecule has 0 atom stereocenters. The van der Waals surface area contributed by atoms with Crippen molar-refractivity contribution in [2.75, 3.05) is 22.9 Å². The SMILES string of the molecule is CCCCCCCCCCCCCCC(CCCCCCCCCCCCCC)CCCN1C(=O)C(=C2C(=O)N(CCCC(CCCCCCCCCCCCCC)CCCCCCCCCCCCCC)c3cc(Br)c(Cl)cc32)c2cc(Cl)c(Br)cc21. The minimum Gasteiger partial charge on any atom is -0.308 e. The van der Waals surface area contributed by atoms with Crippen LogP contribution in [0.3, 0.4) is 0 Å². The lowest BCUT2D eigenvalue weighted by Gasteiger charge is -2.21. The number of halogens is 4. The number of benzene rings is 2. The van der Waals surface area contributed by atoms with E-state index in [0.717, 1.165) is 57.1 Å². The van der Waals surface area contributed by atoms with Gasteiger partial charge in [0.25, 0.3) is 11.8 Å². The van der Waals surface area contributed by atoms with Crippen LogP contribution in [0.25, 0.3) is 11.1 Å². The Morgan fingerprint density at radius 3 is 0.705 bits per heavy atom. The lowest BCUT2D eigenvalue weighted by atomic mass is 9.90. The van der Waals surface area contributed by atoms with E-state index in [1.54, 1.807) is 0 Å². The van der Waals surface area contributed by atoms with Crippen molar-refractivity contribution in [3.05, 3.63) is 54.4 Å². The van der Waals surface area contributed by atoms with Gasteiger partial charge >= 0.3 is 0 Å². The third kappa shape index (κ3) is 32.7. The van der Waals surface area contributed by atoms with Gasteiger partial charge in [-0.15, -0.1) is 0 Å². The molecular formula is C80H134Br2Cl2N2O2. The Bertz CT molecular complexity index is 1940. The minimum atomic E-state index is -0.0947. The molecule has 88 heavy (non-hydrogen) atoms. The largest absolute Gasteiger partial charge is 0.308 e. The lowest BCUT2D eigenvalue weighted by Crippen LogP contribution is -2.30. The molecular weight excluding hydrogens is 1250 g/mol. The average Bonchev–Trinajstić information content (AvgIpc) is 1.61. The molecule has 2 aromatic rings. The van der Waals surface area contributed by atoms with Crippen LogP contribution in [-0.2, 0) is 9.59 Å². The fourth-order valence-corrected chi connectivity index (χ4v) is 15.6. The first-order valence-electron chi connectivity index (χ1n) is 38.5. The summed E-state index contributed by atoms with van der Waals surface area (Å²) in [5.74, 6) is 1.15. The minimum absolute atomic E-state index is 0.0947. The zero-order chi connectivity index (χ0) is 63.1. The monoisotopic (exact) mass is 1380 g/mol. The van der Waals surface area contributed by atoms with Gasteiger partial charge in [0.1, 0.15) is 0 Å². The van der Waals surface area contributed by atoms with Crippen molar-refractivity contribution in [1.29, 1.82) is 0 Å². The third-order valence-electron chi connectivity index (χ3n) is 20.2. The Balaban J connectivity index is 1.41. The summed E-state index contributed by atoms with van der Waals surface area (Å²) in [4.78, 5) is 34.5. The van der Waals surface area contributed by atoms with Gasteiger partial charge in [-0.25, -0.2) is 0 Å². The second kappa shape index (κ2) is 52.0. The van der Waals surface area contributed by atoms with E-state index < -0.39 is 0 Å². The van der Waals surface area contributed by atoms with Crippen molar-refractivity contribution >= 4 is 89.4 Å². The summed E-state index contributed by atoms with van der Waals surface area (Å²) in [6.45, 7) is 10.5. The predicted octanol–water partition coefficient (Wildman–Crippen LogP) is 29.3. The van der Waals surface area contributed by atoms with Crippen LogP contribution in [0.1, 0.15) is 398 Å². The highest BCUT2D eigenvalue weighted by molar-refractivity contribution is 9.10. The lowest BCUT2D eigenvalue weighted by molar-refractivity contribution is -0.114. The van der Waals surface area contributed by atoms with Crippen LogP contribution in [-0.4, -0.2) is 24.9 Å². The second-order valence-corrected chi connectivity index (χ2v) is 30.5. The van der Waals surface area contributed by atoms with Gasteiger partial charge in [-0.3, -0.25) is 9.59 Å². The first-order chi connectivity index (χ1) is 43.2. The number of nitrogens with zero attached hydrogens (tertiary/aromatic N) is 2. The number of hydrogen-bond acceptors (Lipinski definition) is 2. The Hall–Kier alpha value is -1.34. The molecule has 0 unspecified atom stereocenters. The van der Waals surface area contributed by atoms with Crippen LogP contribution in [0.2, 0.25) is 10.0 Å². The van der Waals surface area contributed by atoms with E-state index >= 15 is 9.59 Å². The van der Waals surface area contributed by atoms with Crippen molar-refractivity contribution in [2.24, 2.45) is 11.8 Å². The number of hydrogen-bond donors (Lipinski definition) is 0. The maximum absolute atomic E-state index is 15.3. The van der Waals surface area contributed by atoms with E-state index in [9.17, 15) is 0 Å². The molecule has 0 spiro atoms. The number of fused-ring (bicyclic) bond motifs is 2. The number of amides is 2. The molecule has 2 amide bonds. The van der Waals surface area contributed by atoms with Gasteiger partial charge in [0.2, 0.25) is 0 Å². The first-order valence-corrected chi connectivity index (χ1v) is 40.9. The summed E-state index contributed by atoms with van der Waals surface area (Å²) in [5, 5.41) is 1.08. The van der Waals surface area contributed by atoms with Gasteiger partial charge in [-0.1, -0.05) is 385 Å². The zero-order valence-corrected chi connectivity index (χ0v) is 62.4. The summed E-state index contributed by atoms with van der Waals surface area (Å²) in [6.07, 6.45) is 75.4. The molecule has 0 bridgehead atoms. The molecule has 504 valence electrons. The quantitative estimate of drug-likeness (QED) is 0.0489. The Kier molecular flexibility index (Phi) is 46.7. The Morgan fingerprint density at radius 1 is 0.295 bits per heavy atom. The van der Waals surface area contributed by atoms with Crippen molar-refractivity contribution in [3.63, 3.8) is 0 Å². The summed E-state index contributed by atoms with van der Waals surface area (Å²) >= 11 is 21.3. The zero-order valence-electron chi connectivity index (χ0n) is 57.7. The highest BCUT2D eigenvalue weighted by atomic mass is 79.9. The maximum atomic E-state index is 15.3. The molecule has 0 fully saturated rings. The fraction of sp³-hybridized carbons (Fsp3) is 0.800. The van der Waals surface area contributed by atoms with Crippen LogP contribution in [0.5, 0.6) is 0 Å². The van der Waals surface area contributed by atoms with Gasteiger partial charge in [-0.05, 0) is 93.6 Å². The Morgan fingerprint density at radius 2 is 0.489 bits per heavy atom. The highest BCUT2D eigenvalue weighted by Gasteiger charge is 2.43. The number of rotatable bonds is 60. The molecule has 4 rings (SSSR count). The van der Waals surface area contributed by atoms with E-state index in [2.05, 4.69) is 59.6 Å². The van der Waals surface area contributed by atoms with E-state index in [0.29, 0.717) is 46.1 Å². The molecule has 0 aliphatic carbocycles. The van der Waals surface area contributed by atoms with Crippen LogP contribution in [0, 0.1) is 11.8 Å². The number of carbonyl (C=O) groups is 2. The topological polar surface area (TPSA) is 40.6 Å². The summed E-state index contributed by atoms with van der Waals surface area (Å²) in [7, 11) is 0. The third-order valence-corrected chi connectivity index (χ3v) is 22.6. The first kappa shape index (κ1) is 79.1. The van der Waals surface area contributed by atoms with Crippen molar-refractivity contribution in [1.82, 2.24) is 0 Å². The second-order valence-electron chi connectivity index (χ2n) is 28.0. The number of carbonyl (C=O) groups excluding carboxylic acids is 2. The summed E-state index contributed by atoms with van der Waals surface area (Å²) in [5.41, 5.74) is 4.13. The van der Waals surface area contributed by atoms with E-state index in [4.69, 9.17) is 23.2 Å². The van der Waals surface area contributed by atoms with Crippen molar-refractivity contribution in [3.8, 4) is 0 Å².